The Kier molecular flexibility index (Phi) is 3.67. The number of aldehydes is 1. The van der Waals surface area contributed by atoms with Crippen LogP contribution in [0.5, 0.6) is 0 Å². The highest BCUT2D eigenvalue weighted by Crippen LogP contribution is 2.34. The Balaban J connectivity index is 2.56. The number of pyridine rings is 1. The third-order valence-electron chi connectivity index (χ3n) is 2.22. The number of carbonyl (C=O) groups excluding carboxylic acids is 1. The fourth-order valence-corrected chi connectivity index (χ4v) is 2.01. The minimum Gasteiger partial charge on any atom is -0.296 e. The first-order valence-corrected chi connectivity index (χ1v) is 5.81. The van der Waals surface area contributed by atoms with Crippen molar-refractivity contribution in [1.29, 1.82) is 0 Å². The van der Waals surface area contributed by atoms with Gasteiger partial charge in [-0.2, -0.15) is 0 Å². The molecule has 0 aliphatic carbocycles. The van der Waals surface area contributed by atoms with Crippen molar-refractivity contribution in [1.82, 2.24) is 4.98 Å². The SMILES string of the molecule is O=Cc1cc(-c2cc(Cl)c(Cl)c(Cl)c2)ccn1. The number of rotatable bonds is 2. The predicted molar refractivity (Wildman–Crippen MR) is 70.1 cm³/mol. The number of benzene rings is 1. The second-order valence-corrected chi connectivity index (χ2v) is 4.53. The minimum atomic E-state index is 0.321. The lowest BCUT2D eigenvalue weighted by atomic mass is 10.1. The van der Waals surface area contributed by atoms with Crippen molar-refractivity contribution in [2.24, 2.45) is 0 Å². The van der Waals surface area contributed by atoms with Gasteiger partial charge in [-0.05, 0) is 35.4 Å². The zero-order valence-corrected chi connectivity index (χ0v) is 10.7. The molecule has 2 rings (SSSR count). The normalized spacial score (nSPS) is 10.3. The number of aromatic nitrogens is 1. The molecule has 86 valence electrons. The van der Waals surface area contributed by atoms with Crippen molar-refractivity contribution in [3.8, 4) is 11.1 Å². The number of carbonyl (C=O) groups is 1. The molecule has 2 nitrogen and oxygen atoms in total. The van der Waals surface area contributed by atoms with Crippen LogP contribution in [0.2, 0.25) is 15.1 Å². The van der Waals surface area contributed by atoms with E-state index in [2.05, 4.69) is 4.98 Å². The van der Waals surface area contributed by atoms with E-state index >= 15 is 0 Å². The van der Waals surface area contributed by atoms with Gasteiger partial charge in [0.1, 0.15) is 5.69 Å². The Bertz CT molecular complexity index is 561. The summed E-state index contributed by atoms with van der Waals surface area (Å²) in [6, 6.07) is 6.81. The maximum Gasteiger partial charge on any atom is 0.168 e. The maximum absolute atomic E-state index is 10.6. The largest absolute Gasteiger partial charge is 0.296 e. The van der Waals surface area contributed by atoms with Crippen molar-refractivity contribution in [3.63, 3.8) is 0 Å². The lowest BCUT2D eigenvalue weighted by Gasteiger charge is -2.05. The molecule has 1 aromatic carbocycles. The van der Waals surface area contributed by atoms with E-state index < -0.39 is 0 Å². The Labute approximate surface area is 113 Å². The number of halogens is 3. The molecule has 0 aliphatic heterocycles. The van der Waals surface area contributed by atoms with Gasteiger partial charge in [0, 0.05) is 6.20 Å². The molecular formula is C12H6Cl3NO. The first kappa shape index (κ1) is 12.4. The standard InChI is InChI=1S/C12H6Cl3NO/c13-10-4-8(5-11(14)12(10)15)7-1-2-16-9(3-7)6-17/h1-6H. The minimum absolute atomic E-state index is 0.321. The Morgan fingerprint density at radius 1 is 1.00 bits per heavy atom. The third kappa shape index (κ3) is 2.60. The summed E-state index contributed by atoms with van der Waals surface area (Å²) in [6.07, 6.45) is 2.23. The Morgan fingerprint density at radius 3 is 2.24 bits per heavy atom. The number of hydrogen-bond acceptors (Lipinski definition) is 2. The van der Waals surface area contributed by atoms with Gasteiger partial charge in [-0.3, -0.25) is 9.78 Å². The van der Waals surface area contributed by atoms with E-state index in [4.69, 9.17) is 34.8 Å². The van der Waals surface area contributed by atoms with Crippen molar-refractivity contribution in [2.75, 3.05) is 0 Å². The molecule has 0 amide bonds. The van der Waals surface area contributed by atoms with Crippen LogP contribution in [-0.4, -0.2) is 11.3 Å². The second kappa shape index (κ2) is 5.05. The van der Waals surface area contributed by atoms with Crippen LogP contribution in [0.25, 0.3) is 11.1 Å². The summed E-state index contributed by atoms with van der Waals surface area (Å²) in [5.74, 6) is 0. The Morgan fingerprint density at radius 2 is 1.65 bits per heavy atom. The summed E-state index contributed by atoms with van der Waals surface area (Å²) in [5, 5.41) is 1.07. The van der Waals surface area contributed by atoms with Gasteiger partial charge in [0.2, 0.25) is 0 Å². The molecule has 0 atom stereocenters. The van der Waals surface area contributed by atoms with Crippen LogP contribution in [0, 0.1) is 0 Å². The molecule has 0 fully saturated rings. The summed E-state index contributed by atoms with van der Waals surface area (Å²) in [7, 11) is 0. The molecule has 0 aliphatic rings. The van der Waals surface area contributed by atoms with Crippen LogP contribution >= 0.6 is 34.8 Å². The van der Waals surface area contributed by atoms with Gasteiger partial charge in [0.25, 0.3) is 0 Å². The molecule has 5 heteroatoms. The number of nitrogens with zero attached hydrogens (tertiary/aromatic N) is 1. The molecule has 1 heterocycles. The molecule has 0 saturated carbocycles. The molecule has 0 radical (unpaired) electrons. The molecule has 1 aromatic heterocycles. The zero-order chi connectivity index (χ0) is 12.4. The highest BCUT2D eigenvalue weighted by molar-refractivity contribution is 6.48. The summed E-state index contributed by atoms with van der Waals surface area (Å²) in [6.45, 7) is 0. The van der Waals surface area contributed by atoms with Gasteiger partial charge in [-0.1, -0.05) is 34.8 Å². The van der Waals surface area contributed by atoms with Gasteiger partial charge < -0.3 is 0 Å². The van der Waals surface area contributed by atoms with E-state index in [9.17, 15) is 4.79 Å². The van der Waals surface area contributed by atoms with Crippen molar-refractivity contribution >= 4 is 41.1 Å². The first-order chi connectivity index (χ1) is 8.11. The van der Waals surface area contributed by atoms with E-state index in [0.717, 1.165) is 11.1 Å². The van der Waals surface area contributed by atoms with E-state index in [1.54, 1.807) is 30.5 Å². The molecule has 17 heavy (non-hydrogen) atoms. The number of hydrogen-bond donors (Lipinski definition) is 0. The lowest BCUT2D eigenvalue weighted by molar-refractivity contribution is 0.111. The second-order valence-electron chi connectivity index (χ2n) is 3.34. The van der Waals surface area contributed by atoms with Crippen molar-refractivity contribution in [2.45, 2.75) is 0 Å². The van der Waals surface area contributed by atoms with Crippen LogP contribution in [0.15, 0.2) is 30.5 Å². The topological polar surface area (TPSA) is 30.0 Å². The fraction of sp³-hybridized carbons (Fsp3) is 0. The first-order valence-electron chi connectivity index (χ1n) is 4.68. The summed E-state index contributed by atoms with van der Waals surface area (Å²) >= 11 is 17.7. The summed E-state index contributed by atoms with van der Waals surface area (Å²) < 4.78 is 0. The average Bonchev–Trinajstić information content (AvgIpc) is 2.35. The Hall–Kier alpha value is -1.09. The zero-order valence-electron chi connectivity index (χ0n) is 8.45. The van der Waals surface area contributed by atoms with Gasteiger partial charge in [0.05, 0.1) is 15.1 Å². The molecular weight excluding hydrogens is 280 g/mol. The van der Waals surface area contributed by atoms with Crippen molar-refractivity contribution in [3.05, 3.63) is 51.2 Å². The van der Waals surface area contributed by atoms with Gasteiger partial charge in [-0.25, -0.2) is 0 Å². The van der Waals surface area contributed by atoms with Crippen LogP contribution in [0.1, 0.15) is 10.5 Å². The van der Waals surface area contributed by atoms with Gasteiger partial charge in [0.15, 0.2) is 6.29 Å². The van der Waals surface area contributed by atoms with Gasteiger partial charge >= 0.3 is 0 Å². The highest BCUT2D eigenvalue weighted by atomic mass is 35.5. The molecule has 0 spiro atoms. The summed E-state index contributed by atoms with van der Waals surface area (Å²) in [4.78, 5) is 14.5. The molecule has 0 unspecified atom stereocenters. The van der Waals surface area contributed by atoms with Crippen LogP contribution < -0.4 is 0 Å². The quantitative estimate of drug-likeness (QED) is 0.600. The highest BCUT2D eigenvalue weighted by Gasteiger charge is 2.08. The van der Waals surface area contributed by atoms with Crippen LogP contribution in [0.4, 0.5) is 0 Å². The van der Waals surface area contributed by atoms with Crippen LogP contribution in [0.3, 0.4) is 0 Å². The summed E-state index contributed by atoms with van der Waals surface area (Å²) in [5.41, 5.74) is 1.95. The van der Waals surface area contributed by atoms with Crippen LogP contribution in [-0.2, 0) is 0 Å². The maximum atomic E-state index is 10.6. The molecule has 2 aromatic rings. The lowest BCUT2D eigenvalue weighted by Crippen LogP contribution is -1.87. The third-order valence-corrected chi connectivity index (χ3v) is 3.42. The van der Waals surface area contributed by atoms with E-state index in [1.165, 1.54) is 0 Å². The van der Waals surface area contributed by atoms with E-state index in [0.29, 0.717) is 27.0 Å². The molecule has 0 saturated heterocycles. The average molecular weight is 287 g/mol. The monoisotopic (exact) mass is 285 g/mol. The fourth-order valence-electron chi connectivity index (χ4n) is 1.41. The molecule has 0 bridgehead atoms. The predicted octanol–water partition coefficient (Wildman–Crippen LogP) is 4.52. The molecule has 0 N–H and O–H groups in total. The van der Waals surface area contributed by atoms with Crippen molar-refractivity contribution < 1.29 is 4.79 Å². The van der Waals surface area contributed by atoms with Gasteiger partial charge in [-0.15, -0.1) is 0 Å². The van der Waals surface area contributed by atoms with E-state index in [-0.39, 0.29) is 0 Å². The van der Waals surface area contributed by atoms with E-state index in [1.807, 2.05) is 0 Å². The smallest absolute Gasteiger partial charge is 0.168 e.